The summed E-state index contributed by atoms with van der Waals surface area (Å²) in [5, 5.41) is 10.5. The molecule has 0 fully saturated rings. The van der Waals surface area contributed by atoms with Crippen molar-refractivity contribution in [2.75, 3.05) is 6.26 Å². The zero-order valence-electron chi connectivity index (χ0n) is 12.5. The van der Waals surface area contributed by atoms with Gasteiger partial charge in [-0.25, -0.2) is 17.9 Å². The molecule has 0 aliphatic heterocycles. The molecule has 2 atom stereocenters. The summed E-state index contributed by atoms with van der Waals surface area (Å²) >= 11 is 0. The predicted octanol–water partition coefficient (Wildman–Crippen LogP) is 0.472. The number of hydrogen-bond donors (Lipinski definition) is 3. The molecule has 7 nitrogen and oxygen atoms in total. The van der Waals surface area contributed by atoms with Crippen LogP contribution in [0.4, 0.5) is 13.2 Å². The molecule has 0 spiro atoms. The van der Waals surface area contributed by atoms with E-state index in [1.54, 1.807) is 5.32 Å². The summed E-state index contributed by atoms with van der Waals surface area (Å²) in [5.41, 5.74) is -0.978. The molecule has 0 saturated carbocycles. The second-order valence-electron chi connectivity index (χ2n) is 5.91. The van der Waals surface area contributed by atoms with Crippen LogP contribution in [0.2, 0.25) is 0 Å². The Labute approximate surface area is 126 Å². The molecule has 3 N–H and O–H groups in total. The van der Waals surface area contributed by atoms with Gasteiger partial charge in [-0.2, -0.15) is 13.2 Å². The van der Waals surface area contributed by atoms with E-state index in [2.05, 4.69) is 0 Å². The van der Waals surface area contributed by atoms with E-state index in [0.29, 0.717) is 0 Å². The van der Waals surface area contributed by atoms with Crippen LogP contribution in [0.1, 0.15) is 27.2 Å². The fraction of sp³-hybridized carbons (Fsp3) is 0.818. The Morgan fingerprint density at radius 3 is 1.91 bits per heavy atom. The molecule has 11 heteroatoms. The second-order valence-corrected chi connectivity index (χ2v) is 7.69. The van der Waals surface area contributed by atoms with Gasteiger partial charge in [-0.3, -0.25) is 4.79 Å². The Morgan fingerprint density at radius 1 is 1.18 bits per heavy atom. The van der Waals surface area contributed by atoms with Crippen molar-refractivity contribution in [1.29, 1.82) is 0 Å². The van der Waals surface area contributed by atoms with Crippen LogP contribution in [-0.4, -0.2) is 49.9 Å². The minimum atomic E-state index is -4.79. The van der Waals surface area contributed by atoms with Gasteiger partial charge in [0.2, 0.25) is 15.9 Å². The lowest BCUT2D eigenvalue weighted by molar-refractivity contribution is -0.160. The fourth-order valence-electron chi connectivity index (χ4n) is 1.52. The largest absolute Gasteiger partial charge is 0.480 e. The van der Waals surface area contributed by atoms with E-state index >= 15 is 0 Å². The number of aliphatic carboxylic acids is 1. The van der Waals surface area contributed by atoms with Crippen molar-refractivity contribution in [1.82, 2.24) is 10.0 Å². The van der Waals surface area contributed by atoms with Gasteiger partial charge in [0.25, 0.3) is 0 Å². The third-order valence-electron chi connectivity index (χ3n) is 2.51. The highest BCUT2D eigenvalue weighted by Gasteiger charge is 2.40. The fourth-order valence-corrected chi connectivity index (χ4v) is 2.41. The molecule has 0 aliphatic carbocycles. The summed E-state index contributed by atoms with van der Waals surface area (Å²) in [4.78, 5) is 22.8. The number of carbonyl (C=O) groups excluding carboxylic acids is 1. The molecule has 22 heavy (non-hydrogen) atoms. The predicted molar refractivity (Wildman–Crippen MR) is 71.5 cm³/mol. The maximum Gasteiger partial charge on any atom is 0.391 e. The summed E-state index contributed by atoms with van der Waals surface area (Å²) < 4.78 is 61.4. The summed E-state index contributed by atoms with van der Waals surface area (Å²) in [7, 11) is -3.82. The first-order valence-corrected chi connectivity index (χ1v) is 7.99. The number of sulfonamides is 1. The van der Waals surface area contributed by atoms with Crippen molar-refractivity contribution in [2.24, 2.45) is 5.41 Å². The van der Waals surface area contributed by atoms with Gasteiger partial charge in [0, 0.05) is 0 Å². The highest BCUT2D eigenvalue weighted by Crippen LogP contribution is 2.23. The van der Waals surface area contributed by atoms with Crippen molar-refractivity contribution in [3.8, 4) is 0 Å². The maximum atomic E-state index is 12.3. The van der Waals surface area contributed by atoms with E-state index in [1.165, 1.54) is 20.8 Å². The molecule has 0 aromatic carbocycles. The monoisotopic (exact) mass is 348 g/mol. The van der Waals surface area contributed by atoms with Crippen molar-refractivity contribution in [3.63, 3.8) is 0 Å². The smallest absolute Gasteiger partial charge is 0.391 e. The number of amides is 1. The maximum absolute atomic E-state index is 12.3. The lowest BCUT2D eigenvalue weighted by atomic mass is 9.86. The molecule has 0 aromatic rings. The average Bonchev–Trinajstić information content (AvgIpc) is 2.19. The topological polar surface area (TPSA) is 113 Å². The molecule has 0 rings (SSSR count). The lowest BCUT2D eigenvalue weighted by Crippen LogP contribution is -2.56. The number of alkyl halides is 3. The van der Waals surface area contributed by atoms with Crippen molar-refractivity contribution < 1.29 is 36.3 Å². The van der Waals surface area contributed by atoms with Crippen LogP contribution in [0.25, 0.3) is 0 Å². The number of nitrogens with one attached hydrogen (secondary N) is 2. The van der Waals surface area contributed by atoms with Crippen molar-refractivity contribution >= 4 is 21.9 Å². The van der Waals surface area contributed by atoms with E-state index in [0.717, 1.165) is 6.26 Å². The average molecular weight is 348 g/mol. The minimum absolute atomic E-state index is 0.781. The first-order valence-electron chi connectivity index (χ1n) is 6.10. The van der Waals surface area contributed by atoms with Crippen LogP contribution in [0.3, 0.4) is 0 Å². The molecule has 2 unspecified atom stereocenters. The van der Waals surface area contributed by atoms with E-state index in [-0.39, 0.29) is 0 Å². The highest BCUT2D eigenvalue weighted by molar-refractivity contribution is 7.88. The van der Waals surface area contributed by atoms with Gasteiger partial charge in [-0.05, 0) is 5.41 Å². The zero-order valence-corrected chi connectivity index (χ0v) is 13.3. The Hall–Kier alpha value is -1.36. The van der Waals surface area contributed by atoms with Gasteiger partial charge < -0.3 is 10.4 Å². The molecule has 0 bridgehead atoms. The van der Waals surface area contributed by atoms with Gasteiger partial charge in [-0.1, -0.05) is 20.8 Å². The van der Waals surface area contributed by atoms with Gasteiger partial charge in [-0.15, -0.1) is 0 Å². The Balaban J connectivity index is 5.27. The summed E-state index contributed by atoms with van der Waals surface area (Å²) in [6, 6.07) is -3.61. The first-order chi connectivity index (χ1) is 9.53. The standard InChI is InChI=1S/C11H19F3N2O5S/c1-10(2,3)7(16-22(4,20)21)8(17)15-6(9(18)19)5-11(12,13)14/h6-7,16H,5H2,1-4H3,(H,15,17)(H,18,19). The molecular formula is C11H19F3N2O5S. The van der Waals surface area contributed by atoms with Gasteiger partial charge in [0.05, 0.1) is 12.7 Å². The van der Waals surface area contributed by atoms with Crippen LogP contribution in [0.15, 0.2) is 0 Å². The Bertz CT molecular complexity index is 525. The molecule has 130 valence electrons. The number of carbonyl (C=O) groups is 2. The van der Waals surface area contributed by atoms with E-state index < -0.39 is 52.0 Å². The Morgan fingerprint density at radius 2 is 1.64 bits per heavy atom. The summed E-state index contributed by atoms with van der Waals surface area (Å²) in [6.07, 6.45) is -5.77. The van der Waals surface area contributed by atoms with Crippen LogP contribution < -0.4 is 10.0 Å². The molecule has 1 amide bonds. The number of halogens is 3. The molecular weight excluding hydrogens is 329 g/mol. The molecule has 0 radical (unpaired) electrons. The van der Waals surface area contributed by atoms with E-state index in [9.17, 15) is 31.2 Å². The first kappa shape index (κ1) is 20.6. The number of rotatable bonds is 6. The van der Waals surface area contributed by atoms with Crippen molar-refractivity contribution in [2.45, 2.75) is 45.5 Å². The molecule has 0 saturated heterocycles. The number of carboxylic acids is 1. The molecule has 0 heterocycles. The molecule has 0 aliphatic rings. The van der Waals surface area contributed by atoms with Gasteiger partial charge >= 0.3 is 12.1 Å². The van der Waals surface area contributed by atoms with Gasteiger partial charge in [0.1, 0.15) is 12.1 Å². The van der Waals surface area contributed by atoms with Crippen LogP contribution in [0, 0.1) is 5.41 Å². The van der Waals surface area contributed by atoms with Gasteiger partial charge in [0.15, 0.2) is 0 Å². The second kappa shape index (κ2) is 6.82. The quantitative estimate of drug-likeness (QED) is 0.646. The summed E-state index contributed by atoms with van der Waals surface area (Å²) in [6.45, 7) is 4.44. The number of hydrogen-bond acceptors (Lipinski definition) is 4. The SMILES string of the molecule is CC(C)(C)C(NS(C)(=O)=O)C(=O)NC(CC(F)(F)F)C(=O)O. The Kier molecular flexibility index (Phi) is 6.40. The van der Waals surface area contributed by atoms with Crippen LogP contribution in [-0.2, 0) is 19.6 Å². The van der Waals surface area contributed by atoms with Crippen LogP contribution >= 0.6 is 0 Å². The third kappa shape index (κ3) is 8.17. The molecule has 0 aromatic heterocycles. The van der Waals surface area contributed by atoms with Crippen molar-refractivity contribution in [3.05, 3.63) is 0 Å². The third-order valence-corrected chi connectivity index (χ3v) is 3.17. The van der Waals surface area contributed by atoms with E-state index in [1.807, 2.05) is 4.72 Å². The van der Waals surface area contributed by atoms with E-state index in [4.69, 9.17) is 5.11 Å². The minimum Gasteiger partial charge on any atom is -0.480 e. The lowest BCUT2D eigenvalue weighted by Gasteiger charge is -2.30. The highest BCUT2D eigenvalue weighted by atomic mass is 32.2. The number of carboxylic acid groups (broad SMARTS) is 1. The van der Waals surface area contributed by atoms with Crippen LogP contribution in [0.5, 0.6) is 0 Å². The summed E-state index contributed by atoms with van der Waals surface area (Å²) in [5.74, 6) is -3.01. The normalized spacial score (nSPS) is 16.0. The zero-order chi connectivity index (χ0) is 17.9.